The van der Waals surface area contributed by atoms with Crippen molar-refractivity contribution in [1.29, 1.82) is 0 Å². The lowest BCUT2D eigenvalue weighted by Crippen LogP contribution is -2.19. The first-order chi connectivity index (χ1) is 12.0. The molecule has 0 bridgehead atoms. The minimum Gasteiger partial charge on any atom is -0.457 e. The molecule has 6 heteroatoms. The van der Waals surface area contributed by atoms with Crippen molar-refractivity contribution in [2.24, 2.45) is 0 Å². The molecule has 2 aromatic rings. The molecule has 0 aliphatic heterocycles. The van der Waals surface area contributed by atoms with Crippen LogP contribution in [-0.4, -0.2) is 32.1 Å². The van der Waals surface area contributed by atoms with Crippen LogP contribution in [0, 0.1) is 12.7 Å². The van der Waals surface area contributed by atoms with E-state index < -0.39 is 5.97 Å². The molecule has 1 aliphatic carbocycles. The number of ketones is 1. The standard InChI is InChI=1S/C19H19FO5/c1-11-17-15(21)9-12(13-5-3-4-6-14(13)20)10-16(17)25-18(11)19(22)24-8-7-23-2/h3-6,12H,7-10H2,1-2H3/t12-/m0/s1. The normalized spacial score (nSPS) is 16.6. The molecule has 0 saturated heterocycles. The maximum Gasteiger partial charge on any atom is 0.374 e. The van der Waals surface area contributed by atoms with Gasteiger partial charge in [-0.15, -0.1) is 0 Å². The summed E-state index contributed by atoms with van der Waals surface area (Å²) in [5, 5.41) is 0. The molecule has 1 heterocycles. The number of halogens is 1. The maximum absolute atomic E-state index is 14.0. The third-order valence-electron chi connectivity index (χ3n) is 4.41. The smallest absolute Gasteiger partial charge is 0.374 e. The van der Waals surface area contributed by atoms with Gasteiger partial charge in [-0.25, -0.2) is 9.18 Å². The molecule has 3 rings (SSSR count). The number of carbonyl (C=O) groups is 2. The summed E-state index contributed by atoms with van der Waals surface area (Å²) < 4.78 is 29.6. The van der Waals surface area contributed by atoms with Crippen LogP contribution in [0.2, 0.25) is 0 Å². The number of Topliss-reactive ketones (excluding diaryl/α,β-unsaturated/α-hetero) is 1. The predicted octanol–water partition coefficient (Wildman–Crippen LogP) is 3.44. The minimum absolute atomic E-state index is 0.0311. The Kier molecular flexibility index (Phi) is 4.99. The lowest BCUT2D eigenvalue weighted by molar-refractivity contribution is 0.0351. The van der Waals surface area contributed by atoms with Crippen molar-refractivity contribution in [3.05, 3.63) is 58.3 Å². The van der Waals surface area contributed by atoms with E-state index in [0.29, 0.717) is 28.9 Å². The number of benzene rings is 1. The van der Waals surface area contributed by atoms with Gasteiger partial charge < -0.3 is 13.9 Å². The molecule has 25 heavy (non-hydrogen) atoms. The zero-order valence-corrected chi connectivity index (χ0v) is 14.1. The van der Waals surface area contributed by atoms with E-state index in [2.05, 4.69) is 0 Å². The summed E-state index contributed by atoms with van der Waals surface area (Å²) in [5.74, 6) is -0.967. The van der Waals surface area contributed by atoms with E-state index >= 15 is 0 Å². The fourth-order valence-corrected chi connectivity index (χ4v) is 3.21. The average Bonchev–Trinajstić information content (AvgIpc) is 2.92. The molecule has 0 fully saturated rings. The van der Waals surface area contributed by atoms with E-state index in [-0.39, 0.29) is 42.9 Å². The Balaban J connectivity index is 1.87. The topological polar surface area (TPSA) is 65.7 Å². The Morgan fingerprint density at radius 2 is 2.04 bits per heavy atom. The fraction of sp³-hybridized carbons (Fsp3) is 0.368. The second kappa shape index (κ2) is 7.19. The molecule has 132 valence electrons. The third-order valence-corrected chi connectivity index (χ3v) is 4.41. The number of hydrogen-bond donors (Lipinski definition) is 0. The van der Waals surface area contributed by atoms with Gasteiger partial charge in [0.05, 0.1) is 12.2 Å². The molecular weight excluding hydrogens is 327 g/mol. The van der Waals surface area contributed by atoms with Crippen molar-refractivity contribution >= 4 is 11.8 Å². The maximum atomic E-state index is 14.0. The summed E-state index contributed by atoms with van der Waals surface area (Å²) in [6.45, 7) is 2.04. The van der Waals surface area contributed by atoms with Gasteiger partial charge in [0.15, 0.2) is 5.78 Å². The van der Waals surface area contributed by atoms with Crippen LogP contribution in [0.5, 0.6) is 0 Å². The Hall–Kier alpha value is -2.47. The van der Waals surface area contributed by atoms with Gasteiger partial charge >= 0.3 is 5.97 Å². The van der Waals surface area contributed by atoms with Crippen molar-refractivity contribution in [2.45, 2.75) is 25.7 Å². The monoisotopic (exact) mass is 346 g/mol. The van der Waals surface area contributed by atoms with Crippen LogP contribution in [0.1, 0.15) is 50.1 Å². The first kappa shape index (κ1) is 17.4. The van der Waals surface area contributed by atoms with E-state index in [1.54, 1.807) is 25.1 Å². The van der Waals surface area contributed by atoms with E-state index in [1.165, 1.54) is 13.2 Å². The highest BCUT2D eigenvalue weighted by Crippen LogP contribution is 2.37. The molecule has 0 saturated carbocycles. The van der Waals surface area contributed by atoms with E-state index in [1.807, 2.05) is 0 Å². The largest absolute Gasteiger partial charge is 0.457 e. The molecule has 1 aliphatic rings. The number of ether oxygens (including phenoxy) is 2. The van der Waals surface area contributed by atoms with Crippen LogP contribution < -0.4 is 0 Å². The Morgan fingerprint density at radius 3 is 2.76 bits per heavy atom. The van der Waals surface area contributed by atoms with E-state index in [9.17, 15) is 14.0 Å². The zero-order chi connectivity index (χ0) is 18.0. The van der Waals surface area contributed by atoms with Gasteiger partial charge in [-0.2, -0.15) is 0 Å². The fourth-order valence-electron chi connectivity index (χ4n) is 3.21. The van der Waals surface area contributed by atoms with Crippen LogP contribution >= 0.6 is 0 Å². The van der Waals surface area contributed by atoms with Gasteiger partial charge in [0, 0.05) is 31.4 Å². The van der Waals surface area contributed by atoms with Crippen molar-refractivity contribution in [3.8, 4) is 0 Å². The molecule has 0 unspecified atom stereocenters. The van der Waals surface area contributed by atoms with Crippen molar-refractivity contribution in [2.75, 3.05) is 20.3 Å². The summed E-state index contributed by atoms with van der Waals surface area (Å²) in [6.07, 6.45) is 0.556. The van der Waals surface area contributed by atoms with Gasteiger partial charge in [-0.3, -0.25) is 4.79 Å². The van der Waals surface area contributed by atoms with Crippen LogP contribution in [0.4, 0.5) is 4.39 Å². The highest BCUT2D eigenvalue weighted by molar-refractivity contribution is 6.03. The van der Waals surface area contributed by atoms with Gasteiger partial charge in [0.2, 0.25) is 5.76 Å². The number of methoxy groups -OCH3 is 1. The van der Waals surface area contributed by atoms with Gasteiger partial charge in [-0.1, -0.05) is 18.2 Å². The molecule has 5 nitrogen and oxygen atoms in total. The van der Waals surface area contributed by atoms with Crippen LogP contribution in [0.25, 0.3) is 0 Å². The number of furan rings is 1. The third kappa shape index (κ3) is 3.35. The Bertz CT molecular complexity index is 808. The molecule has 1 aromatic heterocycles. The summed E-state index contributed by atoms with van der Waals surface area (Å²) in [4.78, 5) is 24.7. The Morgan fingerprint density at radius 1 is 1.28 bits per heavy atom. The van der Waals surface area contributed by atoms with Gasteiger partial charge in [0.1, 0.15) is 18.2 Å². The van der Waals surface area contributed by atoms with Crippen LogP contribution in [0.15, 0.2) is 28.7 Å². The Labute approximate surface area is 144 Å². The molecule has 0 N–H and O–H groups in total. The molecule has 0 amide bonds. The highest BCUT2D eigenvalue weighted by atomic mass is 19.1. The van der Waals surface area contributed by atoms with Crippen LogP contribution in [0.3, 0.4) is 0 Å². The molecular formula is C19H19FO5. The van der Waals surface area contributed by atoms with Crippen molar-refractivity contribution < 1.29 is 27.9 Å². The molecule has 0 radical (unpaired) electrons. The highest BCUT2D eigenvalue weighted by Gasteiger charge is 2.35. The predicted molar refractivity (Wildman–Crippen MR) is 87.4 cm³/mol. The van der Waals surface area contributed by atoms with Crippen molar-refractivity contribution in [1.82, 2.24) is 0 Å². The molecule has 0 spiro atoms. The second-order valence-corrected chi connectivity index (χ2v) is 6.03. The first-order valence-electron chi connectivity index (χ1n) is 8.08. The quantitative estimate of drug-likeness (QED) is 0.613. The van der Waals surface area contributed by atoms with Gasteiger partial charge in [0.25, 0.3) is 0 Å². The van der Waals surface area contributed by atoms with E-state index in [0.717, 1.165) is 0 Å². The average molecular weight is 346 g/mol. The number of hydrogen-bond acceptors (Lipinski definition) is 5. The minimum atomic E-state index is -0.626. The summed E-state index contributed by atoms with van der Waals surface area (Å²) >= 11 is 0. The lowest BCUT2D eigenvalue weighted by atomic mass is 9.81. The second-order valence-electron chi connectivity index (χ2n) is 6.03. The number of fused-ring (bicyclic) bond motifs is 1. The summed E-state index contributed by atoms with van der Waals surface area (Å²) in [5.41, 5.74) is 1.39. The number of carbonyl (C=O) groups excluding carboxylic acids is 2. The number of rotatable bonds is 5. The zero-order valence-electron chi connectivity index (χ0n) is 14.1. The molecule has 1 aromatic carbocycles. The lowest BCUT2D eigenvalue weighted by Gasteiger charge is -2.21. The summed E-state index contributed by atoms with van der Waals surface area (Å²) in [6, 6.07) is 6.40. The SMILES string of the molecule is COCCOC(=O)c1oc2c(c1C)C(=O)C[C@H](c1ccccc1F)C2. The van der Waals surface area contributed by atoms with Gasteiger partial charge in [-0.05, 0) is 18.6 Å². The van der Waals surface area contributed by atoms with Crippen LogP contribution in [-0.2, 0) is 15.9 Å². The van der Waals surface area contributed by atoms with Crippen molar-refractivity contribution in [3.63, 3.8) is 0 Å². The summed E-state index contributed by atoms with van der Waals surface area (Å²) in [7, 11) is 1.51. The number of esters is 1. The first-order valence-corrected chi connectivity index (χ1v) is 8.08. The molecule has 1 atom stereocenters. The van der Waals surface area contributed by atoms with E-state index in [4.69, 9.17) is 13.9 Å².